The molecule has 27 heavy (non-hydrogen) atoms. The molecule has 0 fully saturated rings. The monoisotopic (exact) mass is 381 g/mol. The first-order chi connectivity index (χ1) is 12.7. The molecule has 0 aliphatic heterocycles. The van der Waals surface area contributed by atoms with Crippen molar-refractivity contribution in [2.24, 2.45) is 0 Å². The maximum Gasteiger partial charge on any atom is 0.491 e. The van der Waals surface area contributed by atoms with Gasteiger partial charge in [0.1, 0.15) is 0 Å². The Morgan fingerprint density at radius 1 is 1.19 bits per heavy atom. The van der Waals surface area contributed by atoms with Crippen LogP contribution in [-0.4, -0.2) is 35.4 Å². The summed E-state index contributed by atoms with van der Waals surface area (Å²) < 4.78 is 41.3. The zero-order chi connectivity index (χ0) is 19.6. The number of nitrogens with one attached hydrogen (secondary N) is 1. The van der Waals surface area contributed by atoms with E-state index in [1.165, 1.54) is 29.1 Å². The molecule has 0 bridgehead atoms. The summed E-state index contributed by atoms with van der Waals surface area (Å²) in [4.78, 5) is 25.4. The number of hydrogen-bond donors (Lipinski definition) is 1. The van der Waals surface area contributed by atoms with Crippen molar-refractivity contribution in [1.29, 1.82) is 0 Å². The second-order valence-electron chi connectivity index (χ2n) is 5.22. The molecule has 1 N–H and O–H groups in total. The van der Waals surface area contributed by atoms with Gasteiger partial charge in [-0.15, -0.1) is 0 Å². The van der Waals surface area contributed by atoms with Crippen molar-refractivity contribution >= 4 is 17.5 Å². The molecule has 0 radical (unpaired) electrons. The Hall–Kier alpha value is -3.77. The molecule has 0 aliphatic rings. The van der Waals surface area contributed by atoms with Crippen molar-refractivity contribution in [2.75, 3.05) is 5.32 Å². The molecular weight excluding hydrogens is 371 g/mol. The van der Waals surface area contributed by atoms with Crippen LogP contribution in [0.3, 0.4) is 0 Å². The van der Waals surface area contributed by atoms with E-state index in [-0.39, 0.29) is 12.4 Å². The Morgan fingerprint density at radius 3 is 2.59 bits per heavy atom. The maximum absolute atomic E-state index is 13.0. The average molecular weight is 381 g/mol. The van der Waals surface area contributed by atoms with Crippen molar-refractivity contribution in [1.82, 2.24) is 24.5 Å². The first-order valence-electron chi connectivity index (χ1n) is 7.29. The lowest BCUT2D eigenvalue weighted by molar-refractivity contribution is -0.394. The number of anilines is 1. The van der Waals surface area contributed by atoms with Crippen molar-refractivity contribution < 1.29 is 22.9 Å². The Labute approximate surface area is 148 Å². The zero-order valence-corrected chi connectivity index (χ0v) is 13.3. The minimum atomic E-state index is -4.62. The van der Waals surface area contributed by atoms with Crippen LogP contribution in [0.15, 0.2) is 42.9 Å². The highest BCUT2D eigenvalue weighted by molar-refractivity contribution is 6.03. The van der Waals surface area contributed by atoms with Gasteiger partial charge < -0.3 is 15.4 Å². The van der Waals surface area contributed by atoms with Gasteiger partial charge in [0.05, 0.1) is 11.3 Å². The lowest BCUT2D eigenvalue weighted by Crippen LogP contribution is -2.18. The number of hydrogen-bond acceptors (Lipinski definition) is 6. The van der Waals surface area contributed by atoms with Gasteiger partial charge in [0, 0.05) is 11.3 Å². The van der Waals surface area contributed by atoms with E-state index in [1.807, 2.05) is 0 Å². The summed E-state index contributed by atoms with van der Waals surface area (Å²) in [5, 5.41) is 20.2. The van der Waals surface area contributed by atoms with Gasteiger partial charge in [0.25, 0.3) is 5.91 Å². The van der Waals surface area contributed by atoms with E-state index in [4.69, 9.17) is 0 Å². The van der Waals surface area contributed by atoms with Crippen LogP contribution in [0.5, 0.6) is 0 Å². The number of rotatable bonds is 5. The summed E-state index contributed by atoms with van der Waals surface area (Å²) in [6.07, 6.45) is -2.14. The van der Waals surface area contributed by atoms with Gasteiger partial charge in [0.2, 0.25) is 6.33 Å². The van der Waals surface area contributed by atoms with Gasteiger partial charge in [-0.3, -0.25) is 4.79 Å². The topological polar surface area (TPSA) is 121 Å². The molecular formula is C14H10F3N7O3. The number of halogens is 3. The highest BCUT2D eigenvalue weighted by Crippen LogP contribution is 2.34. The maximum atomic E-state index is 13.0. The van der Waals surface area contributed by atoms with Crippen molar-refractivity contribution in [3.8, 4) is 0 Å². The van der Waals surface area contributed by atoms with E-state index in [2.05, 4.69) is 20.5 Å². The predicted molar refractivity (Wildman–Crippen MR) is 83.7 cm³/mol. The van der Waals surface area contributed by atoms with Crippen molar-refractivity contribution in [3.05, 3.63) is 64.2 Å². The van der Waals surface area contributed by atoms with E-state index < -0.39 is 34.2 Å². The second-order valence-corrected chi connectivity index (χ2v) is 5.22. The lowest BCUT2D eigenvalue weighted by atomic mass is 10.1. The number of amides is 1. The van der Waals surface area contributed by atoms with Crippen LogP contribution in [0, 0.1) is 10.1 Å². The Kier molecular flexibility index (Phi) is 4.58. The van der Waals surface area contributed by atoms with E-state index in [1.54, 1.807) is 0 Å². The number of benzene rings is 1. The smallest absolute Gasteiger partial charge is 0.390 e. The summed E-state index contributed by atoms with van der Waals surface area (Å²) in [7, 11) is 0. The largest absolute Gasteiger partial charge is 0.491 e. The lowest BCUT2D eigenvalue weighted by Gasteiger charge is -2.12. The molecule has 140 valence electrons. The average Bonchev–Trinajstić information content (AvgIpc) is 3.24. The summed E-state index contributed by atoms with van der Waals surface area (Å²) in [6.45, 7) is -0.0761. The molecule has 2 heterocycles. The minimum absolute atomic E-state index is 0.0761. The number of aromatic nitrogens is 5. The first kappa shape index (κ1) is 18.0. The molecule has 0 spiro atoms. The SMILES string of the molecule is O=C(Nc1ccccc1C(F)(F)F)c1ccn(Cn2cnc([N+](=O)[O-])n2)n1. The highest BCUT2D eigenvalue weighted by Gasteiger charge is 2.33. The molecule has 2 aromatic heterocycles. The molecule has 0 saturated heterocycles. The second kappa shape index (κ2) is 6.86. The van der Waals surface area contributed by atoms with Gasteiger partial charge in [-0.2, -0.15) is 23.0 Å². The number of nitrogens with zero attached hydrogens (tertiary/aromatic N) is 6. The molecule has 3 rings (SSSR count). The van der Waals surface area contributed by atoms with Gasteiger partial charge in [-0.1, -0.05) is 17.1 Å². The molecule has 10 nitrogen and oxygen atoms in total. The van der Waals surface area contributed by atoms with Crippen LogP contribution in [0.25, 0.3) is 0 Å². The van der Waals surface area contributed by atoms with E-state index in [0.29, 0.717) is 0 Å². The molecule has 0 aliphatic carbocycles. The van der Waals surface area contributed by atoms with Gasteiger partial charge >= 0.3 is 12.1 Å². The van der Waals surface area contributed by atoms with Crippen LogP contribution < -0.4 is 5.32 Å². The standard InChI is InChI=1S/C14H10F3N7O3/c15-14(16,17)9-3-1-2-4-10(9)19-12(25)11-5-6-22(20-11)8-23-7-18-13(21-23)24(26)27/h1-7H,8H2,(H,19,25). The van der Waals surface area contributed by atoms with E-state index in [0.717, 1.165) is 23.1 Å². The van der Waals surface area contributed by atoms with Crippen LogP contribution in [0.4, 0.5) is 24.8 Å². The predicted octanol–water partition coefficient (Wildman–Crippen LogP) is 2.16. The Balaban J connectivity index is 1.73. The van der Waals surface area contributed by atoms with Gasteiger partial charge in [-0.05, 0) is 23.1 Å². The molecule has 0 saturated carbocycles. The number of alkyl halides is 3. The van der Waals surface area contributed by atoms with E-state index in [9.17, 15) is 28.1 Å². The fourth-order valence-corrected chi connectivity index (χ4v) is 2.17. The van der Waals surface area contributed by atoms with Crippen LogP contribution in [0.1, 0.15) is 16.1 Å². The number of nitro groups is 1. The Bertz CT molecular complexity index is 996. The van der Waals surface area contributed by atoms with Gasteiger partial charge in [0.15, 0.2) is 12.4 Å². The quantitative estimate of drug-likeness (QED) is 0.534. The summed E-state index contributed by atoms with van der Waals surface area (Å²) >= 11 is 0. The number of para-hydroxylation sites is 1. The molecule has 0 unspecified atom stereocenters. The van der Waals surface area contributed by atoms with Crippen LogP contribution in [-0.2, 0) is 12.8 Å². The normalized spacial score (nSPS) is 11.4. The third-order valence-electron chi connectivity index (χ3n) is 3.33. The minimum Gasteiger partial charge on any atom is -0.390 e. The first-order valence-corrected chi connectivity index (χ1v) is 7.29. The highest BCUT2D eigenvalue weighted by atomic mass is 19.4. The molecule has 1 amide bonds. The van der Waals surface area contributed by atoms with Crippen molar-refractivity contribution in [2.45, 2.75) is 12.8 Å². The zero-order valence-electron chi connectivity index (χ0n) is 13.3. The Morgan fingerprint density at radius 2 is 1.93 bits per heavy atom. The van der Waals surface area contributed by atoms with Crippen LogP contribution >= 0.6 is 0 Å². The fraction of sp³-hybridized carbons (Fsp3) is 0.143. The number of carbonyl (C=O) groups excluding carboxylic acids is 1. The number of carbonyl (C=O) groups is 1. The fourth-order valence-electron chi connectivity index (χ4n) is 2.17. The molecule has 0 atom stereocenters. The van der Waals surface area contributed by atoms with Crippen LogP contribution in [0.2, 0.25) is 0 Å². The van der Waals surface area contributed by atoms with E-state index >= 15 is 0 Å². The third kappa shape index (κ3) is 4.08. The summed E-state index contributed by atoms with van der Waals surface area (Å²) in [5.74, 6) is -1.43. The molecule has 1 aromatic carbocycles. The van der Waals surface area contributed by atoms with Crippen molar-refractivity contribution in [3.63, 3.8) is 0 Å². The molecule has 3 aromatic rings. The summed E-state index contributed by atoms with van der Waals surface area (Å²) in [6, 6.07) is 5.85. The third-order valence-corrected chi connectivity index (χ3v) is 3.33. The molecule has 13 heteroatoms. The summed E-state index contributed by atoms with van der Waals surface area (Å²) in [5.41, 5.74) is -1.51. The van der Waals surface area contributed by atoms with Gasteiger partial charge in [-0.25, -0.2) is 4.68 Å².